The zero-order valence-electron chi connectivity index (χ0n) is 16.6. The standard InChI is InChI=1S/C24H24Cl2N2O/c1-3-24-11-10-19(18-9-4-15(13-27)12-20(18)26)21(16-5-7-17(25)8-6-16)22(24)14(2)28-23(24)29/h4-9,12,14,19,21-22H,3,10-11H2,1-2H3,(H,28,29)/t14?,19-,21-,22-,24+/m0/s1. The first-order valence-electron chi connectivity index (χ1n) is 10.2. The van der Waals surface area contributed by atoms with Crippen LogP contribution in [0, 0.1) is 22.7 Å². The molecule has 150 valence electrons. The minimum atomic E-state index is -0.348. The van der Waals surface area contributed by atoms with E-state index in [1.54, 1.807) is 6.07 Å². The van der Waals surface area contributed by atoms with Crippen LogP contribution in [-0.4, -0.2) is 11.9 Å². The van der Waals surface area contributed by atoms with Gasteiger partial charge in [0.15, 0.2) is 0 Å². The number of fused-ring (bicyclic) bond motifs is 1. The van der Waals surface area contributed by atoms with Gasteiger partial charge in [0.05, 0.1) is 17.0 Å². The first-order valence-corrected chi connectivity index (χ1v) is 10.9. The molecule has 29 heavy (non-hydrogen) atoms. The molecule has 1 aliphatic carbocycles. The van der Waals surface area contributed by atoms with Gasteiger partial charge in [-0.05, 0) is 73.4 Å². The Morgan fingerprint density at radius 3 is 2.55 bits per heavy atom. The molecule has 5 heteroatoms. The van der Waals surface area contributed by atoms with Crippen LogP contribution in [0.1, 0.15) is 61.6 Å². The lowest BCUT2D eigenvalue weighted by atomic mass is 9.54. The molecule has 1 aliphatic heterocycles. The van der Waals surface area contributed by atoms with Gasteiger partial charge in [-0.3, -0.25) is 4.79 Å². The lowest BCUT2D eigenvalue weighted by molar-refractivity contribution is -0.131. The molecule has 0 aromatic heterocycles. The van der Waals surface area contributed by atoms with Crippen molar-refractivity contribution in [1.82, 2.24) is 5.32 Å². The molecule has 1 amide bonds. The van der Waals surface area contributed by atoms with Crippen LogP contribution in [0.5, 0.6) is 0 Å². The van der Waals surface area contributed by atoms with Gasteiger partial charge in [0.25, 0.3) is 0 Å². The van der Waals surface area contributed by atoms with Crippen LogP contribution in [0.2, 0.25) is 10.0 Å². The highest BCUT2D eigenvalue weighted by Crippen LogP contribution is 2.60. The Morgan fingerprint density at radius 1 is 1.21 bits per heavy atom. The Labute approximate surface area is 182 Å². The Balaban J connectivity index is 1.86. The molecule has 1 saturated carbocycles. The summed E-state index contributed by atoms with van der Waals surface area (Å²) in [5.41, 5.74) is 2.46. The second-order valence-electron chi connectivity index (χ2n) is 8.37. The number of carbonyl (C=O) groups is 1. The van der Waals surface area contributed by atoms with Crippen molar-refractivity contribution in [3.8, 4) is 6.07 Å². The summed E-state index contributed by atoms with van der Waals surface area (Å²) in [6.07, 6.45) is 2.55. The Kier molecular flexibility index (Phi) is 5.36. The highest BCUT2D eigenvalue weighted by atomic mass is 35.5. The number of benzene rings is 2. The van der Waals surface area contributed by atoms with Crippen LogP contribution < -0.4 is 5.32 Å². The van der Waals surface area contributed by atoms with Gasteiger partial charge in [0.1, 0.15) is 0 Å². The van der Waals surface area contributed by atoms with Crippen molar-refractivity contribution in [1.29, 1.82) is 5.26 Å². The van der Waals surface area contributed by atoms with E-state index in [2.05, 4.69) is 37.4 Å². The van der Waals surface area contributed by atoms with Crippen molar-refractivity contribution in [3.63, 3.8) is 0 Å². The summed E-state index contributed by atoms with van der Waals surface area (Å²) in [5, 5.41) is 13.8. The third-order valence-corrected chi connectivity index (χ3v) is 7.70. The third-order valence-electron chi connectivity index (χ3n) is 7.12. The fourth-order valence-corrected chi connectivity index (χ4v) is 6.24. The topological polar surface area (TPSA) is 52.9 Å². The molecule has 1 heterocycles. The summed E-state index contributed by atoms with van der Waals surface area (Å²) >= 11 is 12.8. The molecule has 2 aromatic carbocycles. The lowest BCUT2D eigenvalue weighted by Gasteiger charge is -2.47. The van der Waals surface area contributed by atoms with Crippen LogP contribution in [0.15, 0.2) is 42.5 Å². The minimum Gasteiger partial charge on any atom is -0.353 e. The molecule has 1 N–H and O–H groups in total. The molecule has 0 radical (unpaired) electrons. The highest BCUT2D eigenvalue weighted by Gasteiger charge is 2.59. The second-order valence-corrected chi connectivity index (χ2v) is 9.21. The van der Waals surface area contributed by atoms with Crippen molar-refractivity contribution in [3.05, 3.63) is 69.2 Å². The average Bonchev–Trinajstić information content (AvgIpc) is 2.98. The maximum atomic E-state index is 13.0. The first-order chi connectivity index (χ1) is 13.9. The summed E-state index contributed by atoms with van der Waals surface area (Å²) in [6, 6.07) is 15.8. The highest BCUT2D eigenvalue weighted by molar-refractivity contribution is 6.31. The van der Waals surface area contributed by atoms with Crippen molar-refractivity contribution in [2.45, 2.75) is 51.0 Å². The number of halogens is 2. The van der Waals surface area contributed by atoms with E-state index in [1.807, 2.05) is 24.3 Å². The van der Waals surface area contributed by atoms with E-state index >= 15 is 0 Å². The van der Waals surface area contributed by atoms with Crippen molar-refractivity contribution >= 4 is 29.1 Å². The van der Waals surface area contributed by atoms with Crippen molar-refractivity contribution < 1.29 is 4.79 Å². The molecule has 0 spiro atoms. The molecule has 1 unspecified atom stereocenters. The van der Waals surface area contributed by atoms with E-state index in [9.17, 15) is 10.1 Å². The predicted octanol–water partition coefficient (Wildman–Crippen LogP) is 6.06. The molecule has 2 aromatic rings. The fourth-order valence-electron chi connectivity index (χ4n) is 5.79. The van der Waals surface area contributed by atoms with E-state index in [4.69, 9.17) is 23.2 Å². The summed E-state index contributed by atoms with van der Waals surface area (Å²) in [5.74, 6) is 0.670. The predicted molar refractivity (Wildman–Crippen MR) is 116 cm³/mol. The maximum absolute atomic E-state index is 13.0. The van der Waals surface area contributed by atoms with Gasteiger partial charge < -0.3 is 5.32 Å². The Hall–Kier alpha value is -2.02. The number of nitriles is 1. The van der Waals surface area contributed by atoms with E-state index in [0.717, 1.165) is 24.8 Å². The zero-order valence-corrected chi connectivity index (χ0v) is 18.1. The molecule has 5 atom stereocenters. The zero-order chi connectivity index (χ0) is 20.8. The quantitative estimate of drug-likeness (QED) is 0.648. The molecule has 4 rings (SSSR count). The van der Waals surface area contributed by atoms with E-state index < -0.39 is 0 Å². The van der Waals surface area contributed by atoms with Gasteiger partial charge >= 0.3 is 0 Å². The number of nitrogens with one attached hydrogen (secondary N) is 1. The molecular weight excluding hydrogens is 403 g/mol. The van der Waals surface area contributed by atoms with Gasteiger partial charge in [0, 0.05) is 22.0 Å². The monoisotopic (exact) mass is 426 g/mol. The number of hydrogen-bond donors (Lipinski definition) is 1. The molecule has 2 aliphatic rings. The SMILES string of the molecule is CC[C@@]12CC[C@@H](c3ccc(C#N)cc3Cl)[C@H](c3ccc(Cl)cc3)[C@@H]1C(C)NC2=O. The maximum Gasteiger partial charge on any atom is 0.226 e. The molecule has 1 saturated heterocycles. The number of carbonyl (C=O) groups excluding carboxylic acids is 1. The van der Waals surface area contributed by atoms with Crippen LogP contribution in [0.4, 0.5) is 0 Å². The largest absolute Gasteiger partial charge is 0.353 e. The average molecular weight is 427 g/mol. The first kappa shape index (κ1) is 20.3. The van der Waals surface area contributed by atoms with Crippen molar-refractivity contribution in [2.24, 2.45) is 11.3 Å². The van der Waals surface area contributed by atoms with Crippen LogP contribution in [-0.2, 0) is 4.79 Å². The molecule has 0 bridgehead atoms. The third kappa shape index (κ3) is 3.23. The van der Waals surface area contributed by atoms with E-state index in [-0.39, 0.29) is 35.1 Å². The summed E-state index contributed by atoms with van der Waals surface area (Å²) in [4.78, 5) is 13.0. The van der Waals surface area contributed by atoms with Crippen LogP contribution in [0.25, 0.3) is 0 Å². The van der Waals surface area contributed by atoms with Crippen molar-refractivity contribution in [2.75, 3.05) is 0 Å². The van der Waals surface area contributed by atoms with E-state index in [1.165, 1.54) is 5.56 Å². The fraction of sp³-hybridized carbons (Fsp3) is 0.417. The smallest absolute Gasteiger partial charge is 0.226 e. The van der Waals surface area contributed by atoms with Gasteiger partial charge in [-0.25, -0.2) is 0 Å². The molecule has 3 nitrogen and oxygen atoms in total. The van der Waals surface area contributed by atoms with Gasteiger partial charge in [0.2, 0.25) is 5.91 Å². The molecule has 2 fully saturated rings. The van der Waals surface area contributed by atoms with Gasteiger partial charge in [-0.2, -0.15) is 5.26 Å². The van der Waals surface area contributed by atoms with Gasteiger partial charge in [-0.15, -0.1) is 0 Å². The summed E-state index contributed by atoms with van der Waals surface area (Å²) in [7, 11) is 0. The number of nitrogens with zero attached hydrogens (tertiary/aromatic N) is 1. The normalized spacial score (nSPS) is 31.1. The van der Waals surface area contributed by atoms with Crippen LogP contribution in [0.3, 0.4) is 0 Å². The minimum absolute atomic E-state index is 0.0862. The van der Waals surface area contributed by atoms with Gasteiger partial charge in [-0.1, -0.05) is 48.3 Å². The number of hydrogen-bond acceptors (Lipinski definition) is 2. The Bertz CT molecular complexity index is 981. The Morgan fingerprint density at radius 2 is 1.93 bits per heavy atom. The molecular formula is C24H24Cl2N2O. The summed E-state index contributed by atoms with van der Waals surface area (Å²) < 4.78 is 0. The second kappa shape index (κ2) is 7.67. The number of rotatable bonds is 3. The lowest BCUT2D eigenvalue weighted by Crippen LogP contribution is -2.43. The van der Waals surface area contributed by atoms with Crippen LogP contribution >= 0.6 is 23.2 Å². The summed E-state index contributed by atoms with van der Waals surface area (Å²) in [6.45, 7) is 4.24. The number of amides is 1. The van der Waals surface area contributed by atoms with E-state index in [0.29, 0.717) is 15.6 Å².